The predicted octanol–water partition coefficient (Wildman–Crippen LogP) is 1.58. The Balaban J connectivity index is 2.12. The highest BCUT2D eigenvalue weighted by Gasteiger charge is 2.35. The molecule has 0 amide bonds. The molecule has 1 aromatic carbocycles. The van der Waals surface area contributed by atoms with Gasteiger partial charge in [0.15, 0.2) is 15.1 Å². The fraction of sp³-hybridized carbons (Fsp3) is 0.500. The van der Waals surface area contributed by atoms with E-state index in [4.69, 9.17) is 9.84 Å². The monoisotopic (exact) mass is 298 g/mol. The number of aryl methyl sites for hydroxylation is 1. The van der Waals surface area contributed by atoms with Crippen molar-refractivity contribution < 1.29 is 23.1 Å². The zero-order valence-electron chi connectivity index (χ0n) is 11.5. The fourth-order valence-corrected chi connectivity index (χ4v) is 4.25. The van der Waals surface area contributed by atoms with Crippen LogP contribution in [0.4, 0.5) is 0 Å². The summed E-state index contributed by atoms with van der Waals surface area (Å²) in [5.74, 6) is -0.857. The van der Waals surface area contributed by atoms with E-state index in [1.165, 1.54) is 0 Å². The average molecular weight is 298 g/mol. The molecule has 20 heavy (non-hydrogen) atoms. The van der Waals surface area contributed by atoms with Gasteiger partial charge in [0.25, 0.3) is 0 Å². The molecule has 0 saturated carbocycles. The lowest BCUT2D eigenvalue weighted by atomic mass is 10.1. The highest BCUT2D eigenvalue weighted by Crippen LogP contribution is 2.30. The Morgan fingerprint density at radius 3 is 2.80 bits per heavy atom. The van der Waals surface area contributed by atoms with E-state index in [9.17, 15) is 13.2 Å². The summed E-state index contributed by atoms with van der Waals surface area (Å²) in [7, 11) is -3.71. The van der Waals surface area contributed by atoms with E-state index in [1.807, 2.05) is 25.1 Å². The van der Waals surface area contributed by atoms with Gasteiger partial charge in [-0.1, -0.05) is 24.6 Å². The quantitative estimate of drug-likeness (QED) is 0.892. The zero-order valence-corrected chi connectivity index (χ0v) is 12.3. The van der Waals surface area contributed by atoms with Gasteiger partial charge in [-0.2, -0.15) is 0 Å². The number of benzene rings is 1. The van der Waals surface area contributed by atoms with E-state index in [0.717, 1.165) is 11.1 Å². The molecule has 1 heterocycles. The zero-order chi connectivity index (χ0) is 14.9. The largest absolute Gasteiger partial charge is 0.489 e. The van der Waals surface area contributed by atoms with Gasteiger partial charge in [0.1, 0.15) is 11.9 Å². The molecular formula is C14H18O5S. The van der Waals surface area contributed by atoms with Crippen LogP contribution in [0.1, 0.15) is 24.5 Å². The Labute approximate surface area is 118 Å². The Kier molecular flexibility index (Phi) is 4.04. The molecule has 0 spiro atoms. The van der Waals surface area contributed by atoms with Crippen molar-refractivity contribution in [1.82, 2.24) is 0 Å². The van der Waals surface area contributed by atoms with Crippen molar-refractivity contribution >= 4 is 15.8 Å². The van der Waals surface area contributed by atoms with E-state index in [-0.39, 0.29) is 12.2 Å². The SMILES string of the molecule is CCC(C(=O)O)S(=O)(=O)CC1Cc2cc(C)ccc2O1. The summed E-state index contributed by atoms with van der Waals surface area (Å²) in [6.45, 7) is 3.52. The molecule has 1 aromatic rings. The van der Waals surface area contributed by atoms with Gasteiger partial charge in [0.05, 0.1) is 5.75 Å². The van der Waals surface area contributed by atoms with Gasteiger partial charge >= 0.3 is 5.97 Å². The molecule has 5 nitrogen and oxygen atoms in total. The van der Waals surface area contributed by atoms with Gasteiger partial charge in [-0.05, 0) is 25.0 Å². The van der Waals surface area contributed by atoms with Gasteiger partial charge in [0, 0.05) is 6.42 Å². The average Bonchev–Trinajstić information content (AvgIpc) is 2.68. The maximum Gasteiger partial charge on any atom is 0.321 e. The summed E-state index contributed by atoms with van der Waals surface area (Å²) in [5, 5.41) is 7.62. The number of rotatable bonds is 5. The first-order valence-electron chi connectivity index (χ1n) is 6.54. The third-order valence-corrected chi connectivity index (χ3v) is 5.69. The van der Waals surface area contributed by atoms with E-state index >= 15 is 0 Å². The first-order chi connectivity index (χ1) is 9.33. The van der Waals surface area contributed by atoms with E-state index in [0.29, 0.717) is 12.2 Å². The van der Waals surface area contributed by atoms with Crippen molar-refractivity contribution in [2.45, 2.75) is 38.0 Å². The number of sulfone groups is 1. The number of hydrogen-bond donors (Lipinski definition) is 1. The molecule has 0 aromatic heterocycles. The molecule has 0 aliphatic carbocycles. The van der Waals surface area contributed by atoms with Crippen LogP contribution in [-0.4, -0.2) is 36.6 Å². The Morgan fingerprint density at radius 2 is 2.20 bits per heavy atom. The Morgan fingerprint density at radius 1 is 1.50 bits per heavy atom. The summed E-state index contributed by atoms with van der Waals surface area (Å²) in [5.41, 5.74) is 2.07. The lowest BCUT2D eigenvalue weighted by Gasteiger charge is -2.15. The smallest absolute Gasteiger partial charge is 0.321 e. The van der Waals surface area contributed by atoms with Gasteiger partial charge in [-0.25, -0.2) is 8.42 Å². The van der Waals surface area contributed by atoms with Crippen LogP contribution in [0, 0.1) is 6.92 Å². The standard InChI is InChI=1S/C14H18O5S/c1-3-13(14(15)16)20(17,18)8-11-7-10-6-9(2)4-5-12(10)19-11/h4-6,11,13H,3,7-8H2,1-2H3,(H,15,16). The van der Waals surface area contributed by atoms with Crippen LogP contribution in [-0.2, 0) is 21.1 Å². The number of carboxylic acids is 1. The number of fused-ring (bicyclic) bond motifs is 1. The molecule has 2 rings (SSSR count). The number of carbonyl (C=O) groups is 1. The number of hydrogen-bond acceptors (Lipinski definition) is 4. The van der Waals surface area contributed by atoms with Crippen LogP contribution in [0.2, 0.25) is 0 Å². The minimum Gasteiger partial charge on any atom is -0.489 e. The third kappa shape index (κ3) is 2.95. The van der Waals surface area contributed by atoms with E-state index in [2.05, 4.69) is 0 Å². The van der Waals surface area contributed by atoms with Gasteiger partial charge in [-0.3, -0.25) is 4.79 Å². The molecule has 2 unspecified atom stereocenters. The second-order valence-corrected chi connectivity index (χ2v) is 7.35. The molecule has 0 radical (unpaired) electrons. The number of carboxylic acid groups (broad SMARTS) is 1. The predicted molar refractivity (Wildman–Crippen MR) is 74.8 cm³/mol. The lowest BCUT2D eigenvalue weighted by Crippen LogP contribution is -2.36. The molecule has 0 saturated heterocycles. The molecule has 1 aliphatic rings. The highest BCUT2D eigenvalue weighted by molar-refractivity contribution is 7.92. The second kappa shape index (κ2) is 5.44. The Bertz CT molecular complexity index is 620. The fourth-order valence-electron chi connectivity index (χ4n) is 2.50. The van der Waals surface area contributed by atoms with E-state index < -0.39 is 27.2 Å². The van der Waals surface area contributed by atoms with Crippen LogP contribution < -0.4 is 4.74 Å². The molecule has 6 heteroatoms. The van der Waals surface area contributed by atoms with Crippen LogP contribution in [0.3, 0.4) is 0 Å². The second-order valence-electron chi connectivity index (χ2n) is 5.12. The van der Waals surface area contributed by atoms with Crippen molar-refractivity contribution in [3.63, 3.8) is 0 Å². The van der Waals surface area contributed by atoms with Crippen molar-refractivity contribution in [3.05, 3.63) is 29.3 Å². The summed E-state index contributed by atoms with van der Waals surface area (Å²) in [4.78, 5) is 11.0. The van der Waals surface area contributed by atoms with Crippen molar-refractivity contribution in [3.8, 4) is 5.75 Å². The van der Waals surface area contributed by atoms with Crippen LogP contribution in [0.25, 0.3) is 0 Å². The first kappa shape index (κ1) is 14.8. The topological polar surface area (TPSA) is 80.7 Å². The van der Waals surface area contributed by atoms with Crippen LogP contribution in [0.5, 0.6) is 5.75 Å². The van der Waals surface area contributed by atoms with Crippen LogP contribution >= 0.6 is 0 Å². The Hall–Kier alpha value is -1.56. The maximum atomic E-state index is 12.1. The molecule has 2 atom stereocenters. The molecule has 1 N–H and O–H groups in total. The van der Waals surface area contributed by atoms with Crippen LogP contribution in [0.15, 0.2) is 18.2 Å². The minimum absolute atomic E-state index is 0.0659. The summed E-state index contributed by atoms with van der Waals surface area (Å²) < 4.78 is 29.8. The molecule has 0 bridgehead atoms. The van der Waals surface area contributed by atoms with Gasteiger partial charge in [0.2, 0.25) is 0 Å². The third-order valence-electron chi connectivity index (χ3n) is 3.46. The molecular weight excluding hydrogens is 280 g/mol. The highest BCUT2D eigenvalue weighted by atomic mass is 32.2. The first-order valence-corrected chi connectivity index (χ1v) is 8.25. The molecule has 110 valence electrons. The lowest BCUT2D eigenvalue weighted by molar-refractivity contribution is -0.136. The van der Waals surface area contributed by atoms with Gasteiger partial charge < -0.3 is 9.84 Å². The molecule has 1 aliphatic heterocycles. The normalized spacial score (nSPS) is 19.2. The summed E-state index contributed by atoms with van der Waals surface area (Å²) >= 11 is 0. The van der Waals surface area contributed by atoms with Crippen molar-refractivity contribution in [2.24, 2.45) is 0 Å². The summed E-state index contributed by atoms with van der Waals surface area (Å²) in [6, 6.07) is 5.70. The minimum atomic E-state index is -3.71. The molecule has 0 fully saturated rings. The summed E-state index contributed by atoms with van der Waals surface area (Å²) in [6.07, 6.45) is 0.0770. The number of aliphatic carboxylic acids is 1. The van der Waals surface area contributed by atoms with Crippen molar-refractivity contribution in [2.75, 3.05) is 5.75 Å². The van der Waals surface area contributed by atoms with E-state index in [1.54, 1.807) is 6.92 Å². The van der Waals surface area contributed by atoms with Crippen molar-refractivity contribution in [1.29, 1.82) is 0 Å². The maximum absolute atomic E-state index is 12.1. The number of ether oxygens (including phenoxy) is 1. The van der Waals surface area contributed by atoms with Gasteiger partial charge in [-0.15, -0.1) is 0 Å².